The Morgan fingerprint density at radius 2 is 0.475 bits per heavy atom. The van der Waals surface area contributed by atoms with Gasteiger partial charge in [-0.3, -0.25) is 0 Å². The van der Waals surface area contributed by atoms with Crippen LogP contribution in [0.25, 0.3) is 0 Å². The van der Waals surface area contributed by atoms with E-state index in [1.165, 1.54) is 15.9 Å². The van der Waals surface area contributed by atoms with Crippen molar-refractivity contribution in [3.63, 3.8) is 0 Å². The van der Waals surface area contributed by atoms with Gasteiger partial charge in [0.2, 0.25) is 0 Å². The number of benzene rings is 7. The van der Waals surface area contributed by atoms with Crippen LogP contribution in [0, 0.1) is 47.1 Å². The summed E-state index contributed by atoms with van der Waals surface area (Å²) < 4.78 is 76.6. The Morgan fingerprint density at radius 3 is 0.639 bits per heavy atom. The fraction of sp³-hybridized carbons (Fsp3) is 0. The van der Waals surface area contributed by atoms with E-state index in [1.54, 1.807) is 121 Å². The molecule has 0 bridgehead atoms. The Kier molecular flexibility index (Phi) is 19.5. The van der Waals surface area contributed by atoms with Crippen molar-refractivity contribution < 1.29 is 101 Å². The number of hydrogen-bond acceptors (Lipinski definition) is 8. The monoisotopic (exact) mass is 1280 g/mol. The molecule has 61 heavy (non-hydrogen) atoms. The minimum absolute atomic E-state index is 0. The van der Waals surface area contributed by atoms with Gasteiger partial charge >= 0.3 is 239 Å². The summed E-state index contributed by atoms with van der Waals surface area (Å²) in [5.74, 6) is 0. The summed E-state index contributed by atoms with van der Waals surface area (Å²) in [6.07, 6.45) is 0. The van der Waals surface area contributed by atoms with Crippen molar-refractivity contribution in [3.05, 3.63) is 239 Å². The molecule has 0 N–H and O–H groups in total. The molecule has 0 amide bonds. The van der Waals surface area contributed by atoms with Gasteiger partial charge in [-0.05, 0) is 23.8 Å². The first-order valence-electron chi connectivity index (χ1n) is 17.8. The molecular weight excluding hydrogens is 1240 g/mol. The van der Waals surface area contributed by atoms with E-state index in [0.29, 0.717) is 21.2 Å². The van der Waals surface area contributed by atoms with Crippen molar-refractivity contribution in [1.82, 2.24) is 0 Å². The van der Waals surface area contributed by atoms with Gasteiger partial charge in [-0.15, -0.1) is 0 Å². The van der Waals surface area contributed by atoms with Gasteiger partial charge in [0.05, 0.1) is 0 Å². The molecule has 0 aliphatic rings. The van der Waals surface area contributed by atoms with Crippen molar-refractivity contribution in [2.75, 3.05) is 0 Å². The van der Waals surface area contributed by atoms with Crippen LogP contribution in [-0.4, -0.2) is 0 Å². The minimum atomic E-state index is -4.66. The maximum atomic E-state index is 11.1. The molecule has 0 saturated carbocycles. The van der Waals surface area contributed by atoms with Gasteiger partial charge in [0.15, 0.2) is 0 Å². The van der Waals surface area contributed by atoms with Gasteiger partial charge in [-0.1, -0.05) is 91.0 Å². The standard InChI is InChI=1S/C18H15P.2C14H14ClO4P.2Au/c1-4-10-16(11-5-1)19(17-12-6-2-7-13-17)18-14-8-3-9-15-18;2*1-20(2,19-15(16,17)18,13-9-5-3-6-10-13)14-11-7-4-8-12-14;;/h1-15H;2*3-12H,1-2H2;;/q;2*-2;;. The van der Waals surface area contributed by atoms with Gasteiger partial charge in [0.25, 0.3) is 0 Å². The maximum Gasteiger partial charge on any atom is -0.0134 e. The van der Waals surface area contributed by atoms with E-state index in [1.807, 2.05) is 0 Å². The Balaban J connectivity index is 0.000000240. The molecule has 0 heterocycles. The second-order valence-corrected chi connectivity index (χ2v) is 25.9. The second-order valence-electron chi connectivity index (χ2n) is 13.4. The van der Waals surface area contributed by atoms with Crippen molar-refractivity contribution in [1.29, 1.82) is 0 Å². The van der Waals surface area contributed by atoms with Crippen molar-refractivity contribution in [2.24, 2.45) is 0 Å². The Morgan fingerprint density at radius 1 is 0.311 bits per heavy atom. The topological polar surface area (TPSA) is 157 Å². The first-order valence-corrected chi connectivity index (χ1v) is 26.7. The van der Waals surface area contributed by atoms with Crippen molar-refractivity contribution >= 4 is 58.7 Å². The molecule has 0 spiro atoms. The van der Waals surface area contributed by atoms with E-state index in [0.717, 1.165) is 0 Å². The van der Waals surface area contributed by atoms with Crippen molar-refractivity contribution in [3.8, 4) is 0 Å². The van der Waals surface area contributed by atoms with Crippen LogP contribution in [0.1, 0.15) is 0 Å². The van der Waals surface area contributed by atoms with E-state index in [9.17, 15) is 28.0 Å². The van der Waals surface area contributed by atoms with Gasteiger partial charge in [-0.25, -0.2) is 0 Å². The summed E-state index contributed by atoms with van der Waals surface area (Å²) in [4.78, 5) is 0. The summed E-state index contributed by atoms with van der Waals surface area (Å²) in [5.41, 5.74) is 0. The van der Waals surface area contributed by atoms with Crippen LogP contribution < -0.4 is 65.1 Å². The zero-order valence-corrected chi connectivity index (χ0v) is 41.0. The molecule has 0 aliphatic heterocycles. The van der Waals surface area contributed by atoms with Crippen LogP contribution in [0.3, 0.4) is 0 Å². The Labute approximate surface area is 395 Å². The van der Waals surface area contributed by atoms with Crippen LogP contribution in [0.5, 0.6) is 0 Å². The average molecular weight is 1280 g/mol. The molecule has 8 nitrogen and oxygen atoms in total. The minimum Gasteiger partial charge on any atom is -0.0622 e. The summed E-state index contributed by atoms with van der Waals surface area (Å²) in [6, 6.07) is 66.4. The van der Waals surface area contributed by atoms with Crippen LogP contribution in [0.2, 0.25) is 0 Å². The molecule has 0 saturated heterocycles. The largest absolute Gasteiger partial charge is 0.0622 e. The normalized spacial score (nSPS) is 12.8. The third-order valence-electron chi connectivity index (χ3n) is 8.97. The summed E-state index contributed by atoms with van der Waals surface area (Å²) in [7, 11) is -9.76. The van der Waals surface area contributed by atoms with Gasteiger partial charge < -0.3 is 0 Å². The third kappa shape index (κ3) is 14.3. The van der Waals surface area contributed by atoms with Gasteiger partial charge in [0, 0.05) is 44.8 Å². The average Bonchev–Trinajstić information content (AvgIpc) is 3.23. The molecule has 330 valence electrons. The quantitative estimate of drug-likeness (QED) is 0.109. The molecule has 15 heteroatoms. The zero-order chi connectivity index (χ0) is 42.7. The van der Waals surface area contributed by atoms with E-state index in [-0.39, 0.29) is 44.8 Å². The molecular formula is C46H43Au2Cl2O8P3-4. The van der Waals surface area contributed by atoms with Gasteiger partial charge in [0.1, 0.15) is 0 Å². The molecule has 2 radical (unpaired) electrons. The second kappa shape index (κ2) is 22.5. The van der Waals surface area contributed by atoms with Crippen LogP contribution in [0.4, 0.5) is 0 Å². The summed E-state index contributed by atoms with van der Waals surface area (Å²) in [5, 5.41) is 6.13. The molecule has 7 aromatic carbocycles. The fourth-order valence-electron chi connectivity index (χ4n) is 6.14. The van der Waals surface area contributed by atoms with Crippen LogP contribution in [-0.2, 0) is 52.9 Å². The van der Waals surface area contributed by atoms with Crippen molar-refractivity contribution in [2.45, 2.75) is 0 Å². The predicted molar refractivity (Wildman–Crippen MR) is 227 cm³/mol. The Bertz CT molecular complexity index is 2040. The smallest absolute Gasteiger partial charge is 0.0134 e. The number of halogens is 2. The van der Waals surface area contributed by atoms with E-state index < -0.39 is 42.1 Å². The molecule has 0 fully saturated rings. The summed E-state index contributed by atoms with van der Waals surface area (Å²) in [6.45, 7) is 7.67. The first-order chi connectivity index (χ1) is 27.9. The molecule has 7 aromatic rings. The molecule has 0 aromatic heterocycles. The SMILES string of the molecule is [Au].[Au].[CH2-]P([CH2-])(O[Cl+3]([O-])([O-])[O-])(c1ccccc1)c1ccccc1.[CH2-]P([CH2-])(O[Cl+3]([O-])([O-])[O-])(c1ccccc1)c1ccccc1.c1ccc(P(c2ccccc2)c2ccccc2)cc1. The van der Waals surface area contributed by atoms with E-state index >= 15 is 0 Å². The molecule has 7 rings (SSSR count). The fourth-order valence-corrected chi connectivity index (χ4v) is 17.0. The van der Waals surface area contributed by atoms with E-state index in [2.05, 4.69) is 118 Å². The maximum absolute atomic E-state index is 11.1. The van der Waals surface area contributed by atoms with Crippen LogP contribution in [0.15, 0.2) is 212 Å². The van der Waals surface area contributed by atoms with Crippen LogP contribution >= 0.6 is 21.6 Å². The Hall–Kier alpha value is -2.43. The van der Waals surface area contributed by atoms with E-state index in [4.69, 9.17) is 8.15 Å². The number of hydrogen-bond donors (Lipinski definition) is 0. The zero-order valence-electron chi connectivity index (χ0n) is 32.5. The molecule has 0 aliphatic carbocycles. The molecule has 0 unspecified atom stereocenters. The third-order valence-corrected chi connectivity index (χ3v) is 21.4. The predicted octanol–water partition coefficient (Wildman–Crippen LogP) is 2.65. The molecule has 0 atom stereocenters. The first kappa shape index (κ1) is 52.9. The number of rotatable bonds is 11. The summed E-state index contributed by atoms with van der Waals surface area (Å²) >= 11 is 0. The van der Waals surface area contributed by atoms with Gasteiger partial charge in [-0.2, -0.15) is 0 Å².